The number of hydrogen-bond acceptors (Lipinski definition) is 5. The fourth-order valence-electron chi connectivity index (χ4n) is 3.24. The van der Waals surface area contributed by atoms with Crippen molar-refractivity contribution in [3.63, 3.8) is 0 Å². The van der Waals surface area contributed by atoms with E-state index in [-0.39, 0.29) is 30.0 Å². The Kier molecular flexibility index (Phi) is 10.6. The van der Waals surface area contributed by atoms with Gasteiger partial charge in [0.15, 0.2) is 11.8 Å². The number of aliphatic imine (C=N–C) groups is 1. The Balaban J connectivity index is 0.00000363. The van der Waals surface area contributed by atoms with Gasteiger partial charge in [-0.3, -0.25) is 9.98 Å². The van der Waals surface area contributed by atoms with E-state index in [2.05, 4.69) is 82.7 Å². The van der Waals surface area contributed by atoms with E-state index in [0.717, 1.165) is 18.9 Å². The Labute approximate surface area is 207 Å². The molecule has 1 atom stereocenters. The zero-order valence-electron chi connectivity index (χ0n) is 19.2. The number of guanidine groups is 1. The molecule has 32 heavy (non-hydrogen) atoms. The SMILES string of the molecule is CCNC(=NCCc1noc(-c2ccccn2)n1)NC(C)c1ccc(CC(C)C)cc1.I. The molecule has 2 heterocycles. The van der Waals surface area contributed by atoms with E-state index < -0.39 is 0 Å². The van der Waals surface area contributed by atoms with Crippen molar-refractivity contribution in [2.24, 2.45) is 10.9 Å². The molecule has 0 amide bonds. The number of nitrogens with one attached hydrogen (secondary N) is 2. The number of halogens is 1. The minimum Gasteiger partial charge on any atom is -0.357 e. The average molecular weight is 548 g/mol. The molecular weight excluding hydrogens is 515 g/mol. The first-order chi connectivity index (χ1) is 15.0. The number of pyridine rings is 1. The molecule has 7 nitrogen and oxygen atoms in total. The van der Waals surface area contributed by atoms with E-state index in [0.29, 0.717) is 36.3 Å². The average Bonchev–Trinajstić information content (AvgIpc) is 3.23. The Morgan fingerprint density at radius 3 is 2.53 bits per heavy atom. The molecule has 8 heteroatoms. The third kappa shape index (κ3) is 7.89. The maximum atomic E-state index is 5.31. The lowest BCUT2D eigenvalue weighted by Gasteiger charge is -2.18. The van der Waals surface area contributed by atoms with E-state index in [4.69, 9.17) is 4.52 Å². The van der Waals surface area contributed by atoms with Gasteiger partial charge in [-0.1, -0.05) is 49.3 Å². The first-order valence-electron chi connectivity index (χ1n) is 10.9. The van der Waals surface area contributed by atoms with Crippen molar-refractivity contribution >= 4 is 29.9 Å². The van der Waals surface area contributed by atoms with Crippen LogP contribution in [-0.4, -0.2) is 34.2 Å². The molecule has 2 aromatic heterocycles. The van der Waals surface area contributed by atoms with Crippen molar-refractivity contribution in [2.75, 3.05) is 13.1 Å². The lowest BCUT2D eigenvalue weighted by molar-refractivity contribution is 0.421. The molecule has 1 aromatic carbocycles. The highest BCUT2D eigenvalue weighted by Crippen LogP contribution is 2.16. The van der Waals surface area contributed by atoms with Crippen LogP contribution in [0.25, 0.3) is 11.6 Å². The zero-order valence-corrected chi connectivity index (χ0v) is 21.5. The Morgan fingerprint density at radius 2 is 1.88 bits per heavy atom. The molecule has 0 fully saturated rings. The van der Waals surface area contributed by atoms with Crippen molar-refractivity contribution in [1.82, 2.24) is 25.8 Å². The van der Waals surface area contributed by atoms with Gasteiger partial charge < -0.3 is 15.2 Å². The van der Waals surface area contributed by atoms with Crippen LogP contribution in [0.4, 0.5) is 0 Å². The highest BCUT2D eigenvalue weighted by Gasteiger charge is 2.11. The van der Waals surface area contributed by atoms with Crippen molar-refractivity contribution in [2.45, 2.75) is 46.6 Å². The minimum absolute atomic E-state index is 0. The molecule has 1 unspecified atom stereocenters. The minimum atomic E-state index is 0. The van der Waals surface area contributed by atoms with Crippen LogP contribution in [0.5, 0.6) is 0 Å². The fourth-order valence-corrected chi connectivity index (χ4v) is 3.24. The standard InChI is InChI=1S/C24H32N6O.HI/c1-5-25-24(28-18(4)20-11-9-19(10-12-20)16-17(2)3)27-15-13-22-29-23(31-30-22)21-8-6-7-14-26-21;/h6-12,14,17-18H,5,13,15-16H2,1-4H3,(H2,25,27,28);1H. The molecule has 0 spiro atoms. The number of hydrogen-bond donors (Lipinski definition) is 2. The smallest absolute Gasteiger partial charge is 0.276 e. The normalized spacial score (nSPS) is 12.3. The Hall–Kier alpha value is -2.49. The lowest BCUT2D eigenvalue weighted by atomic mass is 10.00. The van der Waals surface area contributed by atoms with Gasteiger partial charge in [0.05, 0.1) is 6.04 Å². The number of nitrogens with zero attached hydrogens (tertiary/aromatic N) is 4. The van der Waals surface area contributed by atoms with Gasteiger partial charge in [-0.15, -0.1) is 24.0 Å². The van der Waals surface area contributed by atoms with Gasteiger partial charge in [-0.25, -0.2) is 0 Å². The second-order valence-corrected chi connectivity index (χ2v) is 7.95. The van der Waals surface area contributed by atoms with Crippen LogP contribution in [0.3, 0.4) is 0 Å². The summed E-state index contributed by atoms with van der Waals surface area (Å²) in [5, 5.41) is 10.8. The van der Waals surface area contributed by atoms with Crippen molar-refractivity contribution in [3.8, 4) is 11.6 Å². The summed E-state index contributed by atoms with van der Waals surface area (Å²) in [6.45, 7) is 10.0. The maximum Gasteiger partial charge on any atom is 0.276 e. The Bertz CT molecular complexity index is 956. The van der Waals surface area contributed by atoms with Crippen LogP contribution >= 0.6 is 24.0 Å². The summed E-state index contributed by atoms with van der Waals surface area (Å²) in [6, 6.07) is 14.6. The largest absolute Gasteiger partial charge is 0.357 e. The van der Waals surface area contributed by atoms with Gasteiger partial charge in [0, 0.05) is 25.7 Å². The number of rotatable bonds is 9. The molecule has 3 aromatic rings. The van der Waals surface area contributed by atoms with Crippen LogP contribution in [0.15, 0.2) is 58.2 Å². The van der Waals surface area contributed by atoms with Crippen LogP contribution < -0.4 is 10.6 Å². The molecule has 0 radical (unpaired) electrons. The lowest BCUT2D eigenvalue weighted by Crippen LogP contribution is -2.38. The van der Waals surface area contributed by atoms with E-state index in [1.807, 2.05) is 18.2 Å². The fraction of sp³-hybridized carbons (Fsp3) is 0.417. The van der Waals surface area contributed by atoms with Gasteiger partial charge in [-0.2, -0.15) is 4.98 Å². The van der Waals surface area contributed by atoms with Crippen LogP contribution in [0.1, 0.15) is 50.7 Å². The Morgan fingerprint density at radius 1 is 1.09 bits per heavy atom. The molecule has 0 saturated carbocycles. The predicted molar refractivity (Wildman–Crippen MR) is 139 cm³/mol. The van der Waals surface area contributed by atoms with E-state index in [1.54, 1.807) is 6.20 Å². The topological polar surface area (TPSA) is 88.2 Å². The summed E-state index contributed by atoms with van der Waals surface area (Å²) in [6.07, 6.45) is 3.40. The molecule has 172 valence electrons. The molecular formula is C24H33IN6O. The van der Waals surface area contributed by atoms with Gasteiger partial charge in [0.25, 0.3) is 5.89 Å². The summed E-state index contributed by atoms with van der Waals surface area (Å²) in [7, 11) is 0. The monoisotopic (exact) mass is 548 g/mol. The van der Waals surface area contributed by atoms with Crippen LogP contribution in [0, 0.1) is 5.92 Å². The van der Waals surface area contributed by atoms with Crippen molar-refractivity contribution in [1.29, 1.82) is 0 Å². The zero-order chi connectivity index (χ0) is 22.1. The second kappa shape index (κ2) is 13.1. The first-order valence-corrected chi connectivity index (χ1v) is 10.9. The molecule has 3 rings (SSSR count). The number of benzene rings is 1. The van der Waals surface area contributed by atoms with Gasteiger partial charge in [0.2, 0.25) is 0 Å². The molecule has 0 aliphatic carbocycles. The summed E-state index contributed by atoms with van der Waals surface area (Å²) in [5.74, 6) is 2.48. The van der Waals surface area contributed by atoms with E-state index in [1.165, 1.54) is 11.1 Å². The van der Waals surface area contributed by atoms with E-state index in [9.17, 15) is 0 Å². The van der Waals surface area contributed by atoms with Crippen LogP contribution in [0.2, 0.25) is 0 Å². The van der Waals surface area contributed by atoms with Crippen molar-refractivity contribution < 1.29 is 4.52 Å². The van der Waals surface area contributed by atoms with Crippen LogP contribution in [-0.2, 0) is 12.8 Å². The third-order valence-corrected chi connectivity index (χ3v) is 4.78. The first kappa shape index (κ1) is 25.8. The second-order valence-electron chi connectivity index (χ2n) is 7.95. The van der Waals surface area contributed by atoms with Gasteiger partial charge >= 0.3 is 0 Å². The van der Waals surface area contributed by atoms with Gasteiger partial charge in [0.1, 0.15) is 5.69 Å². The summed E-state index contributed by atoms with van der Waals surface area (Å²) in [5.41, 5.74) is 3.28. The summed E-state index contributed by atoms with van der Waals surface area (Å²) in [4.78, 5) is 13.3. The molecule has 0 aliphatic rings. The molecule has 0 aliphatic heterocycles. The van der Waals surface area contributed by atoms with Crippen molar-refractivity contribution in [3.05, 3.63) is 65.6 Å². The third-order valence-electron chi connectivity index (χ3n) is 4.78. The highest BCUT2D eigenvalue weighted by atomic mass is 127. The maximum absolute atomic E-state index is 5.31. The van der Waals surface area contributed by atoms with Gasteiger partial charge in [-0.05, 0) is 49.4 Å². The molecule has 0 saturated heterocycles. The molecule has 2 N–H and O–H groups in total. The highest BCUT2D eigenvalue weighted by molar-refractivity contribution is 14.0. The molecule has 0 bridgehead atoms. The summed E-state index contributed by atoms with van der Waals surface area (Å²) < 4.78 is 5.31. The van der Waals surface area contributed by atoms with E-state index >= 15 is 0 Å². The quantitative estimate of drug-likeness (QED) is 0.227. The summed E-state index contributed by atoms with van der Waals surface area (Å²) >= 11 is 0. The predicted octanol–water partition coefficient (Wildman–Crippen LogP) is 4.81. The number of aromatic nitrogens is 3.